The Hall–Kier alpha value is -2.72. The van der Waals surface area contributed by atoms with Crippen molar-refractivity contribution < 1.29 is 18.3 Å². The third-order valence-electron chi connectivity index (χ3n) is 7.49. The van der Waals surface area contributed by atoms with Gasteiger partial charge >= 0.3 is 0 Å². The number of nitrogens with one attached hydrogen (secondary N) is 1. The number of benzene rings is 1. The van der Waals surface area contributed by atoms with Crippen molar-refractivity contribution in [1.82, 2.24) is 14.9 Å². The molecule has 0 unspecified atom stereocenters. The molecule has 3 heterocycles. The summed E-state index contributed by atoms with van der Waals surface area (Å²) in [5, 5.41) is 13.1. The highest BCUT2D eigenvalue weighted by molar-refractivity contribution is 7.90. The molecule has 1 aliphatic carbocycles. The zero-order valence-corrected chi connectivity index (χ0v) is 20.9. The lowest BCUT2D eigenvalue weighted by molar-refractivity contribution is -0.138. The van der Waals surface area contributed by atoms with E-state index >= 15 is 0 Å². The Morgan fingerprint density at radius 2 is 1.80 bits per heavy atom. The fourth-order valence-electron chi connectivity index (χ4n) is 5.57. The number of anilines is 3. The van der Waals surface area contributed by atoms with Crippen LogP contribution in [0.1, 0.15) is 44.1 Å². The van der Waals surface area contributed by atoms with E-state index in [9.17, 15) is 18.3 Å². The molecule has 0 spiro atoms. The van der Waals surface area contributed by atoms with Gasteiger partial charge in [0.15, 0.2) is 9.84 Å². The third kappa shape index (κ3) is 5.13. The molecule has 35 heavy (non-hydrogen) atoms. The van der Waals surface area contributed by atoms with Gasteiger partial charge in [-0.15, -0.1) is 0 Å². The Kier molecular flexibility index (Phi) is 6.67. The highest BCUT2D eigenvalue weighted by Gasteiger charge is 2.32. The van der Waals surface area contributed by atoms with Crippen LogP contribution in [-0.4, -0.2) is 72.3 Å². The number of hydrogen-bond acceptors (Lipinski definition) is 8. The van der Waals surface area contributed by atoms with Gasteiger partial charge in [0.05, 0.1) is 11.0 Å². The van der Waals surface area contributed by atoms with Crippen molar-refractivity contribution in [3.63, 3.8) is 0 Å². The second-order valence-corrected chi connectivity index (χ2v) is 11.9. The van der Waals surface area contributed by atoms with Gasteiger partial charge in [-0.1, -0.05) is 6.07 Å². The molecule has 0 atom stereocenters. The van der Waals surface area contributed by atoms with Crippen LogP contribution < -0.4 is 10.2 Å². The second kappa shape index (κ2) is 9.73. The van der Waals surface area contributed by atoms with Gasteiger partial charge in [0.25, 0.3) is 0 Å². The third-order valence-corrected chi connectivity index (χ3v) is 8.67. The lowest BCUT2D eigenvalue weighted by Gasteiger charge is -2.35. The molecule has 1 saturated heterocycles. The van der Waals surface area contributed by atoms with Crippen molar-refractivity contribution in [3.05, 3.63) is 36.0 Å². The minimum atomic E-state index is -3.29. The molecule has 1 saturated carbocycles. The van der Waals surface area contributed by atoms with Crippen LogP contribution in [-0.2, 0) is 21.1 Å². The molecule has 0 radical (unpaired) electrons. The molecule has 5 rings (SSSR count). The summed E-state index contributed by atoms with van der Waals surface area (Å²) in [5.41, 5.74) is 1.72. The maximum absolute atomic E-state index is 12.9. The van der Waals surface area contributed by atoms with Gasteiger partial charge < -0.3 is 20.2 Å². The van der Waals surface area contributed by atoms with Gasteiger partial charge in [0.1, 0.15) is 5.82 Å². The van der Waals surface area contributed by atoms with Gasteiger partial charge in [-0.2, -0.15) is 4.98 Å². The van der Waals surface area contributed by atoms with Gasteiger partial charge in [0.2, 0.25) is 11.9 Å². The van der Waals surface area contributed by atoms with Crippen molar-refractivity contribution in [2.45, 2.75) is 62.0 Å². The minimum Gasteiger partial charge on any atom is -0.393 e. The molecule has 1 aromatic carbocycles. The van der Waals surface area contributed by atoms with E-state index in [1.807, 2.05) is 21.9 Å². The highest BCUT2D eigenvalue weighted by Crippen LogP contribution is 2.37. The van der Waals surface area contributed by atoms with Crippen molar-refractivity contribution >= 4 is 33.2 Å². The first-order valence-electron chi connectivity index (χ1n) is 12.5. The summed E-state index contributed by atoms with van der Waals surface area (Å²) < 4.78 is 24.4. The zero-order valence-electron chi connectivity index (χ0n) is 20.1. The summed E-state index contributed by atoms with van der Waals surface area (Å²) in [4.78, 5) is 26.3. The van der Waals surface area contributed by atoms with Crippen LogP contribution in [0, 0.1) is 5.92 Å². The van der Waals surface area contributed by atoms with Gasteiger partial charge in [-0.3, -0.25) is 4.79 Å². The zero-order chi connectivity index (χ0) is 24.6. The predicted octanol–water partition coefficient (Wildman–Crippen LogP) is 2.53. The molecule has 0 bridgehead atoms. The number of aliphatic hydroxyl groups is 1. The van der Waals surface area contributed by atoms with Crippen LogP contribution in [0.25, 0.3) is 0 Å². The van der Waals surface area contributed by atoms with E-state index in [1.165, 1.54) is 6.26 Å². The molecular weight excluding hydrogens is 466 g/mol. The molecule has 2 fully saturated rings. The van der Waals surface area contributed by atoms with E-state index in [0.29, 0.717) is 49.7 Å². The van der Waals surface area contributed by atoms with Crippen LogP contribution in [0.2, 0.25) is 0 Å². The monoisotopic (exact) mass is 499 g/mol. The minimum absolute atomic E-state index is 0.0562. The Bertz CT molecular complexity index is 1190. The molecule has 3 aliphatic rings. The van der Waals surface area contributed by atoms with Crippen molar-refractivity contribution in [2.24, 2.45) is 5.92 Å². The number of hydrogen-bond donors (Lipinski definition) is 2. The van der Waals surface area contributed by atoms with Gasteiger partial charge in [-0.25, -0.2) is 13.4 Å². The van der Waals surface area contributed by atoms with Crippen LogP contribution in [0.15, 0.2) is 35.4 Å². The van der Waals surface area contributed by atoms with Crippen molar-refractivity contribution in [2.75, 3.05) is 36.1 Å². The summed E-state index contributed by atoms with van der Waals surface area (Å²) in [5.74, 6) is 1.58. The number of likely N-dealkylation sites (tertiary alicyclic amines) is 1. The maximum atomic E-state index is 12.9. The van der Waals surface area contributed by atoms with E-state index < -0.39 is 9.84 Å². The summed E-state index contributed by atoms with van der Waals surface area (Å²) in [6, 6.07) is 7.44. The predicted molar refractivity (Wildman–Crippen MR) is 133 cm³/mol. The molecule has 188 valence electrons. The van der Waals surface area contributed by atoms with E-state index in [1.54, 1.807) is 18.3 Å². The molecule has 10 heteroatoms. The fourth-order valence-corrected chi connectivity index (χ4v) is 6.55. The Labute approximate surface area is 206 Å². The van der Waals surface area contributed by atoms with Gasteiger partial charge in [0, 0.05) is 49.7 Å². The largest absolute Gasteiger partial charge is 0.393 e. The van der Waals surface area contributed by atoms with Crippen LogP contribution in [0.5, 0.6) is 0 Å². The molecular formula is C25H33N5O4S. The summed E-state index contributed by atoms with van der Waals surface area (Å²) >= 11 is 0. The van der Waals surface area contributed by atoms with Gasteiger partial charge in [-0.05, 0) is 68.7 Å². The first-order valence-corrected chi connectivity index (χ1v) is 14.3. The lowest BCUT2D eigenvalue weighted by Crippen LogP contribution is -2.44. The normalized spacial score (nSPS) is 23.3. The number of rotatable bonds is 5. The maximum Gasteiger partial charge on any atom is 0.225 e. The fraction of sp³-hybridized carbons (Fsp3) is 0.560. The Morgan fingerprint density at radius 3 is 2.51 bits per heavy atom. The average Bonchev–Trinajstić information content (AvgIpc) is 3.28. The molecule has 2 aromatic rings. The Balaban J connectivity index is 1.21. The molecule has 2 N–H and O–H groups in total. The average molecular weight is 500 g/mol. The summed E-state index contributed by atoms with van der Waals surface area (Å²) in [6.07, 6.45) is 8.13. The number of aliphatic hydroxyl groups excluding tert-OH is 1. The molecule has 2 aliphatic heterocycles. The van der Waals surface area contributed by atoms with E-state index in [4.69, 9.17) is 4.98 Å². The molecule has 1 amide bonds. The van der Waals surface area contributed by atoms with Crippen LogP contribution in [0.4, 0.5) is 17.5 Å². The first kappa shape index (κ1) is 24.0. The second-order valence-electron chi connectivity index (χ2n) is 9.92. The number of carbonyl (C=O) groups excluding carboxylic acids is 1. The SMILES string of the molecule is CS(=O)(=O)c1cccc2c1CCN2c1ccnc(N[C@H]2CC[C@H](C(=O)N3CCC(O)CC3)CC2)n1. The van der Waals surface area contributed by atoms with E-state index in [0.717, 1.165) is 42.8 Å². The molecule has 9 nitrogen and oxygen atoms in total. The van der Waals surface area contributed by atoms with E-state index in [2.05, 4.69) is 10.3 Å². The Morgan fingerprint density at radius 1 is 1.06 bits per heavy atom. The van der Waals surface area contributed by atoms with Crippen molar-refractivity contribution in [1.29, 1.82) is 0 Å². The van der Waals surface area contributed by atoms with Crippen LogP contribution in [0.3, 0.4) is 0 Å². The lowest BCUT2D eigenvalue weighted by atomic mass is 9.85. The van der Waals surface area contributed by atoms with E-state index in [-0.39, 0.29) is 24.0 Å². The topological polar surface area (TPSA) is 116 Å². The van der Waals surface area contributed by atoms with Crippen LogP contribution >= 0.6 is 0 Å². The number of amides is 1. The first-order chi connectivity index (χ1) is 16.8. The number of aromatic nitrogens is 2. The summed E-state index contributed by atoms with van der Waals surface area (Å²) in [6.45, 7) is 1.98. The number of carbonyl (C=O) groups is 1. The smallest absolute Gasteiger partial charge is 0.225 e. The number of piperidine rings is 1. The summed E-state index contributed by atoms with van der Waals surface area (Å²) in [7, 11) is -3.29. The quantitative estimate of drug-likeness (QED) is 0.645. The number of nitrogens with zero attached hydrogens (tertiary/aromatic N) is 4. The number of sulfone groups is 1. The van der Waals surface area contributed by atoms with Crippen molar-refractivity contribution in [3.8, 4) is 0 Å². The standard InChI is InChI=1S/C25H33N5O4S/c1-35(33,34)22-4-2-3-21-20(22)12-16-30(21)23-9-13-26-25(28-23)27-18-7-5-17(6-8-18)24(32)29-14-10-19(31)11-15-29/h2-4,9,13,17-19,31H,5-8,10-12,14-16H2,1H3,(H,26,27,28)/t17-,18-. The highest BCUT2D eigenvalue weighted by atomic mass is 32.2. The molecule has 1 aromatic heterocycles. The number of fused-ring (bicyclic) bond motifs is 1.